The Labute approximate surface area is 102 Å². The van der Waals surface area contributed by atoms with Gasteiger partial charge < -0.3 is 4.42 Å². The van der Waals surface area contributed by atoms with Crippen molar-refractivity contribution in [2.45, 2.75) is 12.8 Å². The molecule has 0 aliphatic rings. The molecule has 0 saturated carbocycles. The number of halogens is 1. The van der Waals surface area contributed by atoms with Gasteiger partial charge in [-0.25, -0.2) is 4.98 Å². The highest BCUT2D eigenvalue weighted by molar-refractivity contribution is 6.16. The van der Waals surface area contributed by atoms with Gasteiger partial charge in [0.05, 0.1) is 17.0 Å². The zero-order valence-electron chi connectivity index (χ0n) is 9.01. The Bertz CT molecular complexity index is 566. The summed E-state index contributed by atoms with van der Waals surface area (Å²) in [4.78, 5) is 14.2. The van der Waals surface area contributed by atoms with Gasteiger partial charge in [-0.05, 0) is 19.1 Å². The Kier molecular flexibility index (Phi) is 3.10. The van der Waals surface area contributed by atoms with Crippen LogP contribution in [0.4, 0.5) is 5.69 Å². The quantitative estimate of drug-likeness (QED) is 0.477. The maximum atomic E-state index is 10.7. The molecule has 88 valence electrons. The van der Waals surface area contributed by atoms with Gasteiger partial charge in [-0.3, -0.25) is 10.1 Å². The fourth-order valence-electron chi connectivity index (χ4n) is 1.52. The van der Waals surface area contributed by atoms with Gasteiger partial charge >= 0.3 is 0 Å². The minimum atomic E-state index is -0.413. The molecule has 2 rings (SSSR count). The molecule has 0 aliphatic carbocycles. The number of nitro groups is 1. The molecule has 0 N–H and O–H groups in total. The highest BCUT2D eigenvalue weighted by Gasteiger charge is 2.12. The van der Waals surface area contributed by atoms with Gasteiger partial charge in [0.15, 0.2) is 5.76 Å². The number of alkyl halides is 1. The average molecular weight is 253 g/mol. The summed E-state index contributed by atoms with van der Waals surface area (Å²) in [6, 6.07) is 4.77. The van der Waals surface area contributed by atoms with E-state index in [0.717, 1.165) is 5.56 Å². The molecule has 17 heavy (non-hydrogen) atoms. The van der Waals surface area contributed by atoms with Crippen LogP contribution in [0, 0.1) is 17.0 Å². The van der Waals surface area contributed by atoms with E-state index in [1.807, 2.05) is 0 Å². The van der Waals surface area contributed by atoms with Gasteiger partial charge in [-0.2, -0.15) is 0 Å². The minimum absolute atomic E-state index is 0.0887. The second-order valence-electron chi connectivity index (χ2n) is 3.51. The van der Waals surface area contributed by atoms with Crippen LogP contribution in [-0.4, -0.2) is 9.91 Å². The predicted molar refractivity (Wildman–Crippen MR) is 62.9 cm³/mol. The smallest absolute Gasteiger partial charge is 0.272 e. The van der Waals surface area contributed by atoms with E-state index in [4.69, 9.17) is 16.0 Å². The highest BCUT2D eigenvalue weighted by Crippen LogP contribution is 2.26. The average Bonchev–Trinajstić information content (AvgIpc) is 2.76. The van der Waals surface area contributed by atoms with Crippen molar-refractivity contribution in [1.29, 1.82) is 0 Å². The van der Waals surface area contributed by atoms with Crippen LogP contribution in [0.5, 0.6) is 0 Å². The summed E-state index contributed by atoms with van der Waals surface area (Å²) >= 11 is 5.58. The van der Waals surface area contributed by atoms with Crippen molar-refractivity contribution < 1.29 is 9.34 Å². The van der Waals surface area contributed by atoms with E-state index in [9.17, 15) is 10.1 Å². The number of hydrogen-bond acceptors (Lipinski definition) is 4. The first-order valence-corrected chi connectivity index (χ1v) is 5.41. The van der Waals surface area contributed by atoms with Gasteiger partial charge in [-0.1, -0.05) is 0 Å². The third-order valence-electron chi connectivity index (χ3n) is 2.35. The molecule has 0 radical (unpaired) electrons. The van der Waals surface area contributed by atoms with Crippen molar-refractivity contribution in [3.63, 3.8) is 0 Å². The molecule has 0 unspecified atom stereocenters. The lowest BCUT2D eigenvalue weighted by Gasteiger charge is -1.99. The second-order valence-corrected chi connectivity index (χ2v) is 3.78. The molecule has 1 aromatic carbocycles. The van der Waals surface area contributed by atoms with Crippen molar-refractivity contribution >= 4 is 17.3 Å². The fraction of sp³-hybridized carbons (Fsp3) is 0.182. The third-order valence-corrected chi connectivity index (χ3v) is 2.57. The Balaban J connectivity index is 2.40. The van der Waals surface area contributed by atoms with E-state index in [1.165, 1.54) is 6.07 Å². The molecular weight excluding hydrogens is 244 g/mol. The van der Waals surface area contributed by atoms with E-state index < -0.39 is 4.92 Å². The van der Waals surface area contributed by atoms with Gasteiger partial charge in [0.25, 0.3) is 5.69 Å². The van der Waals surface area contributed by atoms with E-state index in [-0.39, 0.29) is 11.6 Å². The van der Waals surface area contributed by atoms with Crippen LogP contribution in [0.1, 0.15) is 11.5 Å². The number of aryl methyl sites for hydroxylation is 1. The molecule has 0 fully saturated rings. The molecule has 0 bridgehead atoms. The number of nitrogens with zero attached hydrogens (tertiary/aromatic N) is 2. The van der Waals surface area contributed by atoms with Crippen LogP contribution in [0.25, 0.3) is 11.3 Å². The van der Waals surface area contributed by atoms with E-state index in [1.54, 1.807) is 25.3 Å². The summed E-state index contributed by atoms with van der Waals surface area (Å²) < 4.78 is 5.36. The van der Waals surface area contributed by atoms with Crippen LogP contribution in [0.2, 0.25) is 0 Å². The van der Waals surface area contributed by atoms with Crippen LogP contribution >= 0.6 is 11.6 Å². The first kappa shape index (κ1) is 11.6. The lowest BCUT2D eigenvalue weighted by molar-refractivity contribution is -0.385. The Morgan fingerprint density at radius 3 is 2.82 bits per heavy atom. The number of aromatic nitrogens is 1. The van der Waals surface area contributed by atoms with Gasteiger partial charge in [0.1, 0.15) is 0 Å². The number of oxazole rings is 1. The molecule has 2 aromatic rings. The molecular formula is C11H9ClN2O3. The molecule has 0 saturated heterocycles. The van der Waals surface area contributed by atoms with Gasteiger partial charge in [-0.15, -0.1) is 11.6 Å². The number of nitro benzene ring substituents is 1. The first-order chi connectivity index (χ1) is 8.11. The summed E-state index contributed by atoms with van der Waals surface area (Å²) in [6.45, 7) is 1.68. The van der Waals surface area contributed by atoms with Crippen molar-refractivity contribution in [2.24, 2.45) is 0 Å². The third kappa shape index (κ3) is 2.29. The molecule has 1 aromatic heterocycles. The monoisotopic (exact) mass is 252 g/mol. The molecule has 1 heterocycles. The molecule has 0 atom stereocenters. The standard InChI is InChI=1S/C11H9ClN2O3/c1-7-4-8(2-3-9(7)14(15)16)10-6-13-11(5-12)17-10/h2-4,6H,5H2,1H3. The van der Waals surface area contributed by atoms with Crippen LogP contribution in [0.3, 0.4) is 0 Å². The van der Waals surface area contributed by atoms with Crippen molar-refractivity contribution in [3.05, 3.63) is 46.0 Å². The minimum Gasteiger partial charge on any atom is -0.439 e. The van der Waals surface area contributed by atoms with Crippen LogP contribution in [-0.2, 0) is 5.88 Å². The molecule has 0 aliphatic heterocycles. The van der Waals surface area contributed by atoms with Crippen LogP contribution in [0.15, 0.2) is 28.8 Å². The summed E-state index contributed by atoms with van der Waals surface area (Å²) in [5.74, 6) is 1.18. The Morgan fingerprint density at radius 1 is 1.53 bits per heavy atom. The van der Waals surface area contributed by atoms with Crippen molar-refractivity contribution in [3.8, 4) is 11.3 Å². The summed E-state index contributed by atoms with van der Waals surface area (Å²) in [5.41, 5.74) is 1.42. The highest BCUT2D eigenvalue weighted by atomic mass is 35.5. The molecule has 0 amide bonds. The number of benzene rings is 1. The van der Waals surface area contributed by atoms with E-state index in [2.05, 4.69) is 4.98 Å². The largest absolute Gasteiger partial charge is 0.439 e. The topological polar surface area (TPSA) is 69.2 Å². The Morgan fingerprint density at radius 2 is 2.29 bits per heavy atom. The molecule has 6 heteroatoms. The van der Waals surface area contributed by atoms with Gasteiger partial charge in [0.2, 0.25) is 5.89 Å². The fourth-order valence-corrected chi connectivity index (χ4v) is 1.64. The van der Waals surface area contributed by atoms with Gasteiger partial charge in [0, 0.05) is 17.2 Å². The molecule has 0 spiro atoms. The van der Waals surface area contributed by atoms with Crippen molar-refractivity contribution in [2.75, 3.05) is 0 Å². The van der Waals surface area contributed by atoms with E-state index >= 15 is 0 Å². The zero-order valence-corrected chi connectivity index (χ0v) is 9.77. The SMILES string of the molecule is Cc1cc(-c2cnc(CCl)o2)ccc1[N+](=O)[O-]. The van der Waals surface area contributed by atoms with Crippen LogP contribution < -0.4 is 0 Å². The summed E-state index contributed by atoms with van der Waals surface area (Å²) in [5, 5.41) is 10.7. The summed E-state index contributed by atoms with van der Waals surface area (Å²) in [6.07, 6.45) is 1.55. The predicted octanol–water partition coefficient (Wildman–Crippen LogP) is 3.30. The first-order valence-electron chi connectivity index (χ1n) is 4.88. The number of rotatable bonds is 3. The zero-order chi connectivity index (χ0) is 12.4. The maximum absolute atomic E-state index is 10.7. The lowest BCUT2D eigenvalue weighted by Crippen LogP contribution is -1.91. The normalized spacial score (nSPS) is 10.5. The van der Waals surface area contributed by atoms with E-state index in [0.29, 0.717) is 17.2 Å². The second kappa shape index (κ2) is 4.55. The Hall–Kier alpha value is -1.88. The maximum Gasteiger partial charge on any atom is 0.272 e. The molecule has 5 nitrogen and oxygen atoms in total. The van der Waals surface area contributed by atoms with Crippen molar-refractivity contribution in [1.82, 2.24) is 4.98 Å². The lowest BCUT2D eigenvalue weighted by atomic mass is 10.1. The summed E-state index contributed by atoms with van der Waals surface area (Å²) in [7, 11) is 0. The number of hydrogen-bond donors (Lipinski definition) is 0.